The van der Waals surface area contributed by atoms with Gasteiger partial charge in [-0.3, -0.25) is 24.4 Å². The smallest absolute Gasteiger partial charge is 0.270 e. The van der Waals surface area contributed by atoms with Crippen molar-refractivity contribution in [1.82, 2.24) is 14.3 Å². The number of nitrogens with zero attached hydrogens (tertiary/aromatic N) is 4. The number of halogens is 1. The van der Waals surface area contributed by atoms with Gasteiger partial charge in [0.2, 0.25) is 11.8 Å². The van der Waals surface area contributed by atoms with Crippen molar-refractivity contribution in [3.05, 3.63) is 81.3 Å². The average Bonchev–Trinajstić information content (AvgIpc) is 3.36. The third kappa shape index (κ3) is 5.17. The van der Waals surface area contributed by atoms with Gasteiger partial charge in [-0.25, -0.2) is 0 Å². The van der Waals surface area contributed by atoms with Crippen molar-refractivity contribution < 1.29 is 14.5 Å². The molecule has 11 heteroatoms. The summed E-state index contributed by atoms with van der Waals surface area (Å²) < 4.78 is 3.35. The van der Waals surface area contributed by atoms with Crippen molar-refractivity contribution in [3.8, 4) is 0 Å². The normalized spacial score (nSPS) is 11.9. The number of benzene rings is 2. The fourth-order valence-electron chi connectivity index (χ4n) is 3.87. The van der Waals surface area contributed by atoms with Gasteiger partial charge in [-0.1, -0.05) is 11.6 Å². The lowest BCUT2D eigenvalue weighted by Gasteiger charge is -2.16. The molecule has 0 radical (unpaired) electrons. The van der Waals surface area contributed by atoms with E-state index in [-0.39, 0.29) is 29.1 Å². The van der Waals surface area contributed by atoms with Crippen molar-refractivity contribution in [3.63, 3.8) is 0 Å². The molecule has 2 aromatic carbocycles. The third-order valence-electron chi connectivity index (χ3n) is 5.58. The van der Waals surface area contributed by atoms with Crippen LogP contribution in [0, 0.1) is 24.0 Å². The molecule has 180 valence electrons. The van der Waals surface area contributed by atoms with Crippen LogP contribution in [-0.2, 0) is 16.1 Å². The van der Waals surface area contributed by atoms with Crippen LogP contribution in [0.1, 0.15) is 24.4 Å². The molecule has 2 N–H and O–H groups in total. The van der Waals surface area contributed by atoms with Crippen molar-refractivity contribution in [1.29, 1.82) is 0 Å². The SMILES string of the molecule is Cc1cc(C)n(C(C)C(=O)Nc2ccc(NC(=O)Cn3ccc4cc([N+](=O)[O-])ccc43)cc2Cl)n1. The summed E-state index contributed by atoms with van der Waals surface area (Å²) in [4.78, 5) is 35.8. The van der Waals surface area contributed by atoms with Crippen molar-refractivity contribution >= 4 is 51.4 Å². The summed E-state index contributed by atoms with van der Waals surface area (Å²) in [5.41, 5.74) is 3.29. The number of amides is 2. The minimum Gasteiger partial charge on any atom is -0.338 e. The molecule has 4 aromatic rings. The van der Waals surface area contributed by atoms with Gasteiger partial charge in [0.25, 0.3) is 5.69 Å². The maximum absolute atomic E-state index is 12.7. The van der Waals surface area contributed by atoms with Crippen LogP contribution in [0.2, 0.25) is 5.02 Å². The van der Waals surface area contributed by atoms with Crippen molar-refractivity contribution in [2.24, 2.45) is 0 Å². The van der Waals surface area contributed by atoms with Crippen LogP contribution < -0.4 is 10.6 Å². The van der Waals surface area contributed by atoms with E-state index in [4.69, 9.17) is 11.6 Å². The molecule has 0 spiro atoms. The fraction of sp³-hybridized carbons (Fsp3) is 0.208. The summed E-state index contributed by atoms with van der Waals surface area (Å²) >= 11 is 6.36. The number of carbonyl (C=O) groups excluding carboxylic acids is 2. The van der Waals surface area contributed by atoms with Gasteiger partial charge in [-0.05, 0) is 57.2 Å². The molecule has 2 amide bonds. The molecule has 0 bridgehead atoms. The molecule has 0 aliphatic heterocycles. The van der Waals surface area contributed by atoms with Crippen molar-refractivity contribution in [2.75, 3.05) is 10.6 Å². The second kappa shape index (κ2) is 9.59. The van der Waals surface area contributed by atoms with Crippen LogP contribution in [0.5, 0.6) is 0 Å². The van der Waals surface area contributed by atoms with E-state index < -0.39 is 11.0 Å². The molecule has 0 fully saturated rings. The monoisotopic (exact) mass is 494 g/mol. The predicted molar refractivity (Wildman–Crippen MR) is 134 cm³/mol. The molecule has 0 aliphatic carbocycles. The van der Waals surface area contributed by atoms with E-state index in [1.807, 2.05) is 19.9 Å². The lowest BCUT2D eigenvalue weighted by molar-refractivity contribution is -0.384. The van der Waals surface area contributed by atoms with Gasteiger partial charge in [-0.15, -0.1) is 0 Å². The Labute approximate surface area is 205 Å². The highest BCUT2D eigenvalue weighted by Gasteiger charge is 2.19. The van der Waals surface area contributed by atoms with Crippen LogP contribution in [-0.4, -0.2) is 31.1 Å². The Morgan fingerprint density at radius 2 is 1.89 bits per heavy atom. The first-order valence-electron chi connectivity index (χ1n) is 10.8. The zero-order chi connectivity index (χ0) is 25.3. The lowest BCUT2D eigenvalue weighted by atomic mass is 10.2. The molecular weight excluding hydrogens is 472 g/mol. The molecule has 0 aliphatic rings. The number of anilines is 2. The second-order valence-corrected chi connectivity index (χ2v) is 8.63. The molecule has 4 rings (SSSR count). The zero-order valence-electron chi connectivity index (χ0n) is 19.3. The average molecular weight is 495 g/mol. The summed E-state index contributed by atoms with van der Waals surface area (Å²) in [6.07, 6.45) is 1.70. The quantitative estimate of drug-likeness (QED) is 0.280. The Hall–Kier alpha value is -4.18. The fourth-order valence-corrected chi connectivity index (χ4v) is 4.10. The standard InChI is InChI=1S/C24H23ClN6O4/c1-14-10-15(2)30(28-14)16(3)24(33)27-21-6-4-18(12-20(21)25)26-23(32)13-29-9-8-17-11-19(31(34)35)5-7-22(17)29/h4-12,16H,13H2,1-3H3,(H,26,32)(H,27,33). The number of non-ortho nitro benzene ring substituents is 1. The van der Waals surface area contributed by atoms with Gasteiger partial charge in [0.15, 0.2) is 0 Å². The molecule has 2 heterocycles. The van der Waals surface area contributed by atoms with E-state index in [1.54, 1.807) is 52.7 Å². The first-order valence-corrected chi connectivity index (χ1v) is 11.2. The maximum atomic E-state index is 12.7. The van der Waals surface area contributed by atoms with Crippen LogP contribution in [0.4, 0.5) is 17.1 Å². The molecule has 0 saturated carbocycles. The Morgan fingerprint density at radius 3 is 2.54 bits per heavy atom. The molecule has 10 nitrogen and oxygen atoms in total. The number of rotatable bonds is 7. The molecule has 0 saturated heterocycles. The van der Waals surface area contributed by atoms with E-state index >= 15 is 0 Å². The number of hydrogen-bond donors (Lipinski definition) is 2. The van der Waals surface area contributed by atoms with Crippen LogP contribution >= 0.6 is 11.6 Å². The van der Waals surface area contributed by atoms with Crippen molar-refractivity contribution in [2.45, 2.75) is 33.4 Å². The highest BCUT2D eigenvalue weighted by molar-refractivity contribution is 6.34. The summed E-state index contributed by atoms with van der Waals surface area (Å²) in [6, 6.07) is 12.4. The number of hydrogen-bond acceptors (Lipinski definition) is 5. The Bertz CT molecular complexity index is 1460. The summed E-state index contributed by atoms with van der Waals surface area (Å²) in [5.74, 6) is -0.568. The van der Waals surface area contributed by atoms with Crippen LogP contribution in [0.3, 0.4) is 0 Å². The first kappa shape index (κ1) is 24.0. The lowest BCUT2D eigenvalue weighted by Crippen LogP contribution is -2.25. The third-order valence-corrected chi connectivity index (χ3v) is 5.89. The van der Waals surface area contributed by atoms with E-state index in [2.05, 4.69) is 15.7 Å². The van der Waals surface area contributed by atoms with E-state index in [0.29, 0.717) is 22.3 Å². The predicted octanol–water partition coefficient (Wildman–Crippen LogP) is 4.85. The van der Waals surface area contributed by atoms with Gasteiger partial charge in [0, 0.05) is 40.6 Å². The highest BCUT2D eigenvalue weighted by atomic mass is 35.5. The second-order valence-electron chi connectivity index (χ2n) is 8.22. The number of fused-ring (bicyclic) bond motifs is 1. The number of carbonyl (C=O) groups is 2. The molecule has 35 heavy (non-hydrogen) atoms. The minimum absolute atomic E-state index is 0.00853. The number of nitro benzene ring substituents is 1. The summed E-state index contributed by atoms with van der Waals surface area (Å²) in [6.45, 7) is 5.51. The maximum Gasteiger partial charge on any atom is 0.270 e. The number of aromatic nitrogens is 3. The Kier molecular flexibility index (Phi) is 6.57. The molecule has 1 atom stereocenters. The van der Waals surface area contributed by atoms with Crippen LogP contribution in [0.15, 0.2) is 54.7 Å². The van der Waals surface area contributed by atoms with Gasteiger partial charge >= 0.3 is 0 Å². The minimum atomic E-state index is -0.531. The van der Waals surface area contributed by atoms with Gasteiger partial charge in [0.05, 0.1) is 21.3 Å². The number of nitro groups is 1. The Morgan fingerprint density at radius 1 is 1.11 bits per heavy atom. The molecule has 2 aromatic heterocycles. The van der Waals surface area contributed by atoms with Gasteiger partial charge < -0.3 is 15.2 Å². The van der Waals surface area contributed by atoms with E-state index in [9.17, 15) is 19.7 Å². The first-order chi connectivity index (χ1) is 16.6. The highest BCUT2D eigenvalue weighted by Crippen LogP contribution is 2.27. The number of nitrogens with one attached hydrogen (secondary N) is 2. The van der Waals surface area contributed by atoms with Crippen LogP contribution in [0.25, 0.3) is 10.9 Å². The zero-order valence-corrected chi connectivity index (χ0v) is 20.0. The van der Waals surface area contributed by atoms with E-state index in [0.717, 1.165) is 11.4 Å². The topological polar surface area (TPSA) is 124 Å². The number of aryl methyl sites for hydroxylation is 2. The molecular formula is C24H23ClN6O4. The van der Waals surface area contributed by atoms with Gasteiger partial charge in [0.1, 0.15) is 12.6 Å². The molecule has 1 unspecified atom stereocenters. The summed E-state index contributed by atoms with van der Waals surface area (Å²) in [5, 5.41) is 21.8. The van der Waals surface area contributed by atoms with E-state index in [1.165, 1.54) is 12.1 Å². The summed E-state index contributed by atoms with van der Waals surface area (Å²) in [7, 11) is 0. The largest absolute Gasteiger partial charge is 0.338 e. The van der Waals surface area contributed by atoms with Gasteiger partial charge in [-0.2, -0.15) is 5.10 Å². The Balaban J connectivity index is 1.41.